The summed E-state index contributed by atoms with van der Waals surface area (Å²) < 4.78 is 26.3. The van der Waals surface area contributed by atoms with Crippen molar-refractivity contribution in [2.45, 2.75) is 24.3 Å². The topological polar surface area (TPSA) is 72.2 Å². The average Bonchev–Trinajstić information content (AvgIpc) is 3.32. The third-order valence-electron chi connectivity index (χ3n) is 4.87. The second-order valence-corrected chi connectivity index (χ2v) is 12.2. The van der Waals surface area contributed by atoms with Crippen LogP contribution in [0.2, 0.25) is 5.02 Å². The number of benzene rings is 2. The van der Waals surface area contributed by atoms with Crippen molar-refractivity contribution < 1.29 is 13.5 Å². The maximum atomic E-state index is 12.0. The molecule has 0 fully saturated rings. The maximum Gasteiger partial charge on any atom is 0.175 e. The number of thiophene rings is 1. The van der Waals surface area contributed by atoms with E-state index in [0.717, 1.165) is 21.0 Å². The van der Waals surface area contributed by atoms with E-state index < -0.39 is 15.4 Å². The van der Waals surface area contributed by atoms with Crippen LogP contribution in [0.25, 0.3) is 26.7 Å². The highest BCUT2D eigenvalue weighted by Crippen LogP contribution is 2.43. The Morgan fingerprint density at radius 2 is 1.75 bits per heavy atom. The zero-order valence-electron chi connectivity index (χ0n) is 17.5. The van der Waals surface area contributed by atoms with Crippen molar-refractivity contribution in [3.05, 3.63) is 75.9 Å². The van der Waals surface area contributed by atoms with E-state index in [9.17, 15) is 13.5 Å². The largest absolute Gasteiger partial charge is 0.384 e. The van der Waals surface area contributed by atoms with Gasteiger partial charge in [0.05, 0.1) is 30.6 Å². The van der Waals surface area contributed by atoms with Crippen LogP contribution in [0.15, 0.2) is 70.0 Å². The molecule has 0 saturated carbocycles. The molecule has 0 aliphatic carbocycles. The minimum atomic E-state index is -3.31. The highest BCUT2D eigenvalue weighted by molar-refractivity contribution is 9.10. The van der Waals surface area contributed by atoms with Crippen molar-refractivity contribution in [2.24, 2.45) is 0 Å². The number of aliphatic hydroxyl groups is 1. The quantitative estimate of drug-likeness (QED) is 0.315. The number of rotatable bonds is 5. The van der Waals surface area contributed by atoms with Crippen LogP contribution in [-0.2, 0) is 15.4 Å². The monoisotopic (exact) mass is 550 g/mol. The lowest BCUT2D eigenvalue weighted by Crippen LogP contribution is -2.17. The Bertz CT molecular complexity index is 1420. The highest BCUT2D eigenvalue weighted by Gasteiger charge is 2.29. The predicted octanol–water partition coefficient (Wildman–Crippen LogP) is 6.31. The van der Waals surface area contributed by atoms with Gasteiger partial charge in [0.15, 0.2) is 9.84 Å². The molecule has 4 rings (SSSR count). The van der Waals surface area contributed by atoms with Crippen LogP contribution >= 0.6 is 38.9 Å². The smallest absolute Gasteiger partial charge is 0.175 e. The summed E-state index contributed by atoms with van der Waals surface area (Å²) in [4.78, 5) is 2.07. The van der Waals surface area contributed by atoms with Crippen molar-refractivity contribution in [3.63, 3.8) is 0 Å². The van der Waals surface area contributed by atoms with E-state index in [1.165, 1.54) is 17.6 Å². The van der Waals surface area contributed by atoms with Crippen molar-refractivity contribution in [3.8, 4) is 26.7 Å². The molecule has 9 heteroatoms. The molecule has 32 heavy (non-hydrogen) atoms. The summed E-state index contributed by atoms with van der Waals surface area (Å²) in [7, 11) is -3.31. The number of hydrogen-bond donors (Lipinski definition) is 1. The van der Waals surface area contributed by atoms with Gasteiger partial charge in [-0.25, -0.2) is 13.1 Å². The van der Waals surface area contributed by atoms with Crippen molar-refractivity contribution in [2.75, 3.05) is 6.26 Å². The van der Waals surface area contributed by atoms with Gasteiger partial charge in [-0.1, -0.05) is 35.9 Å². The van der Waals surface area contributed by atoms with Crippen LogP contribution in [0, 0.1) is 0 Å². The maximum absolute atomic E-state index is 12.0. The molecule has 0 bridgehead atoms. The number of hydrogen-bond acceptors (Lipinski definition) is 5. The van der Waals surface area contributed by atoms with Crippen molar-refractivity contribution in [1.29, 1.82) is 0 Å². The van der Waals surface area contributed by atoms with Crippen LogP contribution in [0.1, 0.15) is 19.5 Å². The molecule has 2 heterocycles. The lowest BCUT2D eigenvalue weighted by atomic mass is 10.1. The Kier molecular flexibility index (Phi) is 6.11. The molecule has 0 aliphatic heterocycles. The van der Waals surface area contributed by atoms with Crippen LogP contribution in [0.5, 0.6) is 0 Å². The summed E-state index contributed by atoms with van der Waals surface area (Å²) in [6, 6.07) is 18.2. The van der Waals surface area contributed by atoms with E-state index in [0.29, 0.717) is 20.9 Å². The first-order valence-corrected chi connectivity index (χ1v) is 13.5. The van der Waals surface area contributed by atoms with Gasteiger partial charge in [-0.3, -0.25) is 0 Å². The molecule has 1 N–H and O–H groups in total. The predicted molar refractivity (Wildman–Crippen MR) is 133 cm³/mol. The van der Waals surface area contributed by atoms with E-state index in [-0.39, 0.29) is 4.90 Å². The Balaban J connectivity index is 1.90. The van der Waals surface area contributed by atoms with E-state index >= 15 is 0 Å². The first-order valence-electron chi connectivity index (χ1n) is 9.64. The van der Waals surface area contributed by atoms with Gasteiger partial charge in [-0.2, -0.15) is 5.10 Å². The standard InChI is InChI=1S/C23H20BrClN2O3S2/c1-23(2,28)22-20(24)21(27(26-22)17-10-5-4-9-16(17)25)19-12-11-18(31-19)14-7-6-8-15(13-14)32(3,29)30/h4-13,28H,1-3H3. The van der Waals surface area contributed by atoms with Gasteiger partial charge in [-0.05, 0) is 71.7 Å². The number of nitrogens with zero attached hydrogens (tertiary/aromatic N) is 2. The fourth-order valence-electron chi connectivity index (χ4n) is 3.30. The Labute approximate surface area is 204 Å². The lowest BCUT2D eigenvalue weighted by molar-refractivity contribution is 0.0727. The molecular weight excluding hydrogens is 532 g/mol. The van der Waals surface area contributed by atoms with Crippen molar-refractivity contribution in [1.82, 2.24) is 9.78 Å². The molecule has 166 valence electrons. The molecule has 4 aromatic rings. The highest BCUT2D eigenvalue weighted by atomic mass is 79.9. The molecule has 0 atom stereocenters. The zero-order valence-corrected chi connectivity index (χ0v) is 21.5. The van der Waals surface area contributed by atoms with Gasteiger partial charge in [0.2, 0.25) is 0 Å². The fraction of sp³-hybridized carbons (Fsp3) is 0.174. The van der Waals surface area contributed by atoms with Gasteiger partial charge in [0.1, 0.15) is 11.3 Å². The average molecular weight is 552 g/mol. The van der Waals surface area contributed by atoms with Crippen LogP contribution in [0.3, 0.4) is 0 Å². The van der Waals surface area contributed by atoms with Gasteiger partial charge >= 0.3 is 0 Å². The summed E-state index contributed by atoms with van der Waals surface area (Å²) >= 11 is 11.6. The summed E-state index contributed by atoms with van der Waals surface area (Å²) in [6.07, 6.45) is 1.20. The van der Waals surface area contributed by atoms with Crippen LogP contribution < -0.4 is 0 Å². The first-order chi connectivity index (χ1) is 15.0. The third-order valence-corrected chi connectivity index (χ3v) is 8.20. The third kappa shape index (κ3) is 4.43. The van der Waals surface area contributed by atoms with Crippen molar-refractivity contribution >= 4 is 48.7 Å². The summed E-state index contributed by atoms with van der Waals surface area (Å²) in [5, 5.41) is 15.9. The Hall–Kier alpha value is -1.97. The fourth-order valence-corrected chi connectivity index (χ4v) is 6.30. The lowest BCUT2D eigenvalue weighted by Gasteiger charge is -2.14. The summed E-state index contributed by atoms with van der Waals surface area (Å²) in [5.41, 5.74) is 1.57. The Morgan fingerprint density at radius 1 is 1.06 bits per heavy atom. The van der Waals surface area contributed by atoms with E-state index in [2.05, 4.69) is 21.0 Å². The molecular formula is C23H20BrClN2O3S2. The SMILES string of the molecule is CC(C)(O)c1nn(-c2ccccc2Cl)c(-c2ccc(-c3cccc(S(C)(=O)=O)c3)s2)c1Br. The number of halogens is 2. The van der Waals surface area contributed by atoms with Crippen LogP contribution in [-0.4, -0.2) is 29.6 Å². The van der Waals surface area contributed by atoms with Crippen LogP contribution in [0.4, 0.5) is 0 Å². The second kappa shape index (κ2) is 8.43. The molecule has 2 aromatic carbocycles. The molecule has 5 nitrogen and oxygen atoms in total. The number of aromatic nitrogens is 2. The van der Waals surface area contributed by atoms with Gasteiger partial charge in [0, 0.05) is 11.1 Å². The minimum absolute atomic E-state index is 0.275. The Morgan fingerprint density at radius 3 is 2.41 bits per heavy atom. The summed E-state index contributed by atoms with van der Waals surface area (Å²) in [6.45, 7) is 3.36. The first kappa shape index (κ1) is 23.2. The molecule has 0 saturated heterocycles. The molecule has 0 unspecified atom stereocenters. The van der Waals surface area contributed by atoms with E-state index in [4.69, 9.17) is 11.6 Å². The number of para-hydroxylation sites is 1. The minimum Gasteiger partial charge on any atom is -0.384 e. The molecule has 0 radical (unpaired) electrons. The molecule has 0 spiro atoms. The number of sulfone groups is 1. The van der Waals surface area contributed by atoms with Gasteiger partial charge < -0.3 is 5.11 Å². The van der Waals surface area contributed by atoms with Gasteiger partial charge in [0.25, 0.3) is 0 Å². The molecule has 0 aliphatic rings. The molecule has 2 aromatic heterocycles. The zero-order chi connectivity index (χ0) is 23.3. The second-order valence-electron chi connectivity index (χ2n) is 7.90. The van der Waals surface area contributed by atoms with E-state index in [1.807, 2.05) is 36.4 Å². The molecule has 0 amide bonds. The summed E-state index contributed by atoms with van der Waals surface area (Å²) in [5.74, 6) is 0. The normalized spacial score (nSPS) is 12.3. The van der Waals surface area contributed by atoms with Gasteiger partial charge in [-0.15, -0.1) is 11.3 Å². The van der Waals surface area contributed by atoms with E-state index in [1.54, 1.807) is 42.8 Å².